The Morgan fingerprint density at radius 1 is 1.50 bits per heavy atom. The predicted molar refractivity (Wildman–Crippen MR) is 44.9 cm³/mol. The molecule has 1 aromatic carbocycles. The highest BCUT2D eigenvalue weighted by atomic mass is 35.5. The smallest absolute Gasteiger partial charge is 0.185 e. The van der Waals surface area contributed by atoms with E-state index in [1.807, 2.05) is 6.07 Å². The van der Waals surface area contributed by atoms with Gasteiger partial charge >= 0.3 is 0 Å². The molecule has 0 atom stereocenters. The molecule has 0 saturated carbocycles. The van der Waals surface area contributed by atoms with Gasteiger partial charge in [-0.1, -0.05) is 22.8 Å². The Bertz CT molecular complexity index is 410. The van der Waals surface area contributed by atoms with Crippen LogP contribution in [0.25, 0.3) is 11.0 Å². The Morgan fingerprint density at radius 2 is 2.33 bits per heavy atom. The number of nitrogens with zero attached hydrogens (tertiary/aromatic N) is 1. The molecule has 2 aromatic rings. The van der Waals surface area contributed by atoms with Crippen molar-refractivity contribution < 1.29 is 9.63 Å². The van der Waals surface area contributed by atoms with Gasteiger partial charge in [-0.05, 0) is 12.1 Å². The molecule has 0 amide bonds. The molecule has 1 aromatic heterocycles. The van der Waals surface area contributed by atoms with E-state index in [9.17, 15) is 0 Å². The number of hydrogen-bond donors (Lipinski definition) is 1. The largest absolute Gasteiger partial charge is 0.390 e. The van der Waals surface area contributed by atoms with Crippen LogP contribution < -0.4 is 0 Å². The van der Waals surface area contributed by atoms with Crippen LogP contribution in [-0.2, 0) is 6.61 Å². The first kappa shape index (κ1) is 7.58. The SMILES string of the molecule is OCc1noc2c(Cl)cccc12. The summed E-state index contributed by atoms with van der Waals surface area (Å²) in [6, 6.07) is 5.32. The topological polar surface area (TPSA) is 46.3 Å². The number of fused-ring (bicyclic) bond motifs is 1. The maximum absolute atomic E-state index is 8.85. The molecule has 0 saturated heterocycles. The summed E-state index contributed by atoms with van der Waals surface area (Å²) in [6.07, 6.45) is 0. The number of aliphatic hydroxyl groups is 1. The highest BCUT2D eigenvalue weighted by molar-refractivity contribution is 6.34. The zero-order chi connectivity index (χ0) is 8.55. The molecular formula is C8H6ClNO2. The van der Waals surface area contributed by atoms with Crippen molar-refractivity contribution >= 4 is 22.6 Å². The van der Waals surface area contributed by atoms with Crippen LogP contribution in [0.15, 0.2) is 22.7 Å². The number of benzene rings is 1. The van der Waals surface area contributed by atoms with Crippen molar-refractivity contribution in [1.29, 1.82) is 0 Å². The molecule has 0 bridgehead atoms. The van der Waals surface area contributed by atoms with Crippen LogP contribution in [0, 0.1) is 0 Å². The molecule has 4 heteroatoms. The van der Waals surface area contributed by atoms with Gasteiger partial charge in [0.25, 0.3) is 0 Å². The lowest BCUT2D eigenvalue weighted by atomic mass is 10.2. The Hall–Kier alpha value is -1.06. The number of aromatic nitrogens is 1. The van der Waals surface area contributed by atoms with E-state index in [1.165, 1.54) is 0 Å². The first-order valence-electron chi connectivity index (χ1n) is 3.46. The molecule has 62 valence electrons. The maximum atomic E-state index is 8.85. The van der Waals surface area contributed by atoms with Gasteiger partial charge in [-0.3, -0.25) is 0 Å². The number of aliphatic hydroxyl groups excluding tert-OH is 1. The minimum atomic E-state index is -0.132. The van der Waals surface area contributed by atoms with Gasteiger partial charge < -0.3 is 9.63 Å². The molecule has 12 heavy (non-hydrogen) atoms. The third kappa shape index (κ3) is 0.983. The summed E-state index contributed by atoms with van der Waals surface area (Å²) in [4.78, 5) is 0. The monoisotopic (exact) mass is 183 g/mol. The van der Waals surface area contributed by atoms with E-state index in [1.54, 1.807) is 12.1 Å². The lowest BCUT2D eigenvalue weighted by Gasteiger charge is -1.89. The van der Waals surface area contributed by atoms with Crippen molar-refractivity contribution in [3.05, 3.63) is 28.9 Å². The highest BCUT2D eigenvalue weighted by Gasteiger charge is 2.08. The van der Waals surface area contributed by atoms with E-state index in [4.69, 9.17) is 21.2 Å². The minimum Gasteiger partial charge on any atom is -0.390 e. The molecule has 3 nitrogen and oxygen atoms in total. The van der Waals surface area contributed by atoms with E-state index in [-0.39, 0.29) is 6.61 Å². The summed E-state index contributed by atoms with van der Waals surface area (Å²) in [5.41, 5.74) is 1.05. The number of hydrogen-bond acceptors (Lipinski definition) is 3. The zero-order valence-corrected chi connectivity index (χ0v) is 6.88. The van der Waals surface area contributed by atoms with Gasteiger partial charge in [0.05, 0.1) is 11.6 Å². The molecule has 0 spiro atoms. The van der Waals surface area contributed by atoms with E-state index in [0.717, 1.165) is 5.39 Å². The number of rotatable bonds is 1. The first-order valence-corrected chi connectivity index (χ1v) is 3.84. The minimum absolute atomic E-state index is 0.132. The second-order valence-electron chi connectivity index (χ2n) is 2.40. The fraction of sp³-hybridized carbons (Fsp3) is 0.125. The lowest BCUT2D eigenvalue weighted by molar-refractivity contribution is 0.269. The van der Waals surface area contributed by atoms with Crippen molar-refractivity contribution in [3.63, 3.8) is 0 Å². The summed E-state index contributed by atoms with van der Waals surface area (Å²) < 4.78 is 4.93. The summed E-state index contributed by atoms with van der Waals surface area (Å²) in [6.45, 7) is -0.132. The Balaban J connectivity index is 2.80. The Kier molecular flexibility index (Phi) is 1.75. The van der Waals surface area contributed by atoms with Gasteiger partial charge in [-0.25, -0.2) is 0 Å². The molecular weight excluding hydrogens is 178 g/mol. The highest BCUT2D eigenvalue weighted by Crippen LogP contribution is 2.25. The predicted octanol–water partition coefficient (Wildman–Crippen LogP) is 1.97. The molecule has 0 fully saturated rings. The normalized spacial score (nSPS) is 10.8. The van der Waals surface area contributed by atoms with Crippen LogP contribution >= 0.6 is 11.6 Å². The molecule has 0 aliphatic heterocycles. The summed E-state index contributed by atoms with van der Waals surface area (Å²) in [5.74, 6) is 0. The van der Waals surface area contributed by atoms with E-state index in [2.05, 4.69) is 5.16 Å². The molecule has 0 unspecified atom stereocenters. The van der Waals surface area contributed by atoms with Crippen molar-refractivity contribution in [3.8, 4) is 0 Å². The average molecular weight is 184 g/mol. The fourth-order valence-electron chi connectivity index (χ4n) is 1.09. The molecule has 1 N–H and O–H groups in total. The van der Waals surface area contributed by atoms with Crippen LogP contribution in [0.1, 0.15) is 5.69 Å². The van der Waals surface area contributed by atoms with Crippen molar-refractivity contribution in [1.82, 2.24) is 5.16 Å². The second-order valence-corrected chi connectivity index (χ2v) is 2.81. The van der Waals surface area contributed by atoms with Gasteiger partial charge in [0.2, 0.25) is 0 Å². The zero-order valence-electron chi connectivity index (χ0n) is 6.12. The van der Waals surface area contributed by atoms with Crippen LogP contribution in [0.2, 0.25) is 5.02 Å². The quantitative estimate of drug-likeness (QED) is 0.735. The van der Waals surface area contributed by atoms with Crippen LogP contribution in [0.3, 0.4) is 0 Å². The summed E-state index contributed by atoms with van der Waals surface area (Å²) in [5, 5.41) is 13.8. The third-order valence-corrected chi connectivity index (χ3v) is 1.97. The van der Waals surface area contributed by atoms with Gasteiger partial charge in [0, 0.05) is 5.39 Å². The summed E-state index contributed by atoms with van der Waals surface area (Å²) >= 11 is 5.81. The van der Waals surface area contributed by atoms with E-state index < -0.39 is 0 Å². The second kappa shape index (κ2) is 2.77. The Morgan fingerprint density at radius 3 is 3.08 bits per heavy atom. The van der Waals surface area contributed by atoms with Crippen LogP contribution in [0.5, 0.6) is 0 Å². The lowest BCUT2D eigenvalue weighted by Crippen LogP contribution is -1.81. The van der Waals surface area contributed by atoms with E-state index >= 15 is 0 Å². The van der Waals surface area contributed by atoms with E-state index in [0.29, 0.717) is 16.3 Å². The third-order valence-electron chi connectivity index (χ3n) is 1.67. The molecule has 0 aliphatic rings. The number of halogens is 1. The molecule has 2 rings (SSSR count). The van der Waals surface area contributed by atoms with Gasteiger partial charge in [-0.15, -0.1) is 0 Å². The standard InChI is InChI=1S/C8H6ClNO2/c9-6-3-1-2-5-7(4-11)10-12-8(5)6/h1-3,11H,4H2. The fourth-order valence-corrected chi connectivity index (χ4v) is 1.30. The van der Waals surface area contributed by atoms with Crippen LogP contribution in [0.4, 0.5) is 0 Å². The van der Waals surface area contributed by atoms with Crippen LogP contribution in [-0.4, -0.2) is 10.3 Å². The number of para-hydroxylation sites is 1. The maximum Gasteiger partial charge on any atom is 0.185 e. The van der Waals surface area contributed by atoms with Crippen molar-refractivity contribution in [2.24, 2.45) is 0 Å². The van der Waals surface area contributed by atoms with Crippen molar-refractivity contribution in [2.45, 2.75) is 6.61 Å². The van der Waals surface area contributed by atoms with Gasteiger partial charge in [0.1, 0.15) is 5.69 Å². The Labute approximate surface area is 73.5 Å². The van der Waals surface area contributed by atoms with Gasteiger partial charge in [0.15, 0.2) is 5.58 Å². The summed E-state index contributed by atoms with van der Waals surface area (Å²) in [7, 11) is 0. The van der Waals surface area contributed by atoms with Gasteiger partial charge in [-0.2, -0.15) is 0 Å². The molecule has 0 aliphatic carbocycles. The average Bonchev–Trinajstić information content (AvgIpc) is 2.49. The first-order chi connectivity index (χ1) is 5.83. The molecule has 1 heterocycles. The molecule has 0 radical (unpaired) electrons. The van der Waals surface area contributed by atoms with Crippen molar-refractivity contribution in [2.75, 3.05) is 0 Å².